The highest BCUT2D eigenvalue weighted by molar-refractivity contribution is 7.98. The third kappa shape index (κ3) is 2.75. The molecule has 20 heavy (non-hydrogen) atoms. The molecule has 0 spiro atoms. The second kappa shape index (κ2) is 5.92. The number of aromatic nitrogens is 2. The topological polar surface area (TPSA) is 37.8 Å². The molecule has 100 valence electrons. The van der Waals surface area contributed by atoms with E-state index in [4.69, 9.17) is 0 Å². The van der Waals surface area contributed by atoms with Crippen molar-refractivity contribution in [3.8, 4) is 0 Å². The van der Waals surface area contributed by atoms with Gasteiger partial charge in [-0.15, -0.1) is 11.8 Å². The molecule has 0 fully saturated rings. The zero-order chi connectivity index (χ0) is 13.8. The normalized spacial score (nSPS) is 10.7. The Kier molecular flexibility index (Phi) is 3.83. The van der Waals surface area contributed by atoms with Crippen LogP contribution < -0.4 is 5.32 Å². The minimum absolute atomic E-state index is 0.852. The Morgan fingerprint density at radius 1 is 1.10 bits per heavy atom. The standard InChI is InChI=1S/C16H15N3S/c1-17-16-13(11-20-15-8-4-5-9-18-15)10-12-6-2-3-7-14(12)19-16/h2-10H,11H2,1H3,(H,17,19). The van der Waals surface area contributed by atoms with Crippen molar-refractivity contribution in [1.82, 2.24) is 9.97 Å². The number of hydrogen-bond acceptors (Lipinski definition) is 4. The van der Waals surface area contributed by atoms with Gasteiger partial charge in [0.1, 0.15) is 5.82 Å². The van der Waals surface area contributed by atoms with Crippen LogP contribution in [-0.4, -0.2) is 17.0 Å². The summed E-state index contributed by atoms with van der Waals surface area (Å²) < 4.78 is 0. The minimum atomic E-state index is 0.852. The van der Waals surface area contributed by atoms with Gasteiger partial charge in [-0.3, -0.25) is 0 Å². The van der Waals surface area contributed by atoms with E-state index in [2.05, 4.69) is 27.4 Å². The number of anilines is 1. The summed E-state index contributed by atoms with van der Waals surface area (Å²) in [7, 11) is 1.91. The van der Waals surface area contributed by atoms with E-state index >= 15 is 0 Å². The van der Waals surface area contributed by atoms with Gasteiger partial charge < -0.3 is 5.32 Å². The zero-order valence-corrected chi connectivity index (χ0v) is 12.0. The first-order chi connectivity index (χ1) is 9.86. The lowest BCUT2D eigenvalue weighted by Crippen LogP contribution is -1.98. The van der Waals surface area contributed by atoms with Gasteiger partial charge in [-0.1, -0.05) is 24.3 Å². The summed E-state index contributed by atoms with van der Waals surface area (Å²) in [5, 5.41) is 5.38. The van der Waals surface area contributed by atoms with E-state index in [1.165, 1.54) is 10.9 Å². The molecule has 4 heteroatoms. The Labute approximate surface area is 122 Å². The quantitative estimate of drug-likeness (QED) is 0.734. The second-order valence-electron chi connectivity index (χ2n) is 4.40. The van der Waals surface area contributed by atoms with Crippen molar-refractivity contribution in [2.24, 2.45) is 0 Å². The van der Waals surface area contributed by atoms with Gasteiger partial charge in [-0.05, 0) is 24.3 Å². The molecule has 0 amide bonds. The van der Waals surface area contributed by atoms with Crippen LogP contribution in [0.2, 0.25) is 0 Å². The van der Waals surface area contributed by atoms with Crippen LogP contribution in [0, 0.1) is 0 Å². The molecule has 0 saturated heterocycles. The Morgan fingerprint density at radius 3 is 2.75 bits per heavy atom. The molecule has 1 aromatic carbocycles. The van der Waals surface area contributed by atoms with Gasteiger partial charge in [-0.2, -0.15) is 0 Å². The summed E-state index contributed by atoms with van der Waals surface area (Å²) in [5.41, 5.74) is 2.21. The van der Waals surface area contributed by atoms with Gasteiger partial charge in [0.05, 0.1) is 10.5 Å². The van der Waals surface area contributed by atoms with Crippen molar-refractivity contribution in [2.75, 3.05) is 12.4 Å². The number of rotatable bonds is 4. The van der Waals surface area contributed by atoms with E-state index in [-0.39, 0.29) is 0 Å². The lowest BCUT2D eigenvalue weighted by molar-refractivity contribution is 1.13. The molecular weight excluding hydrogens is 266 g/mol. The highest BCUT2D eigenvalue weighted by atomic mass is 32.2. The minimum Gasteiger partial charge on any atom is -0.373 e. The SMILES string of the molecule is CNc1nc2ccccc2cc1CSc1ccccn1. The molecule has 1 N–H and O–H groups in total. The van der Waals surface area contributed by atoms with Crippen molar-refractivity contribution >= 4 is 28.5 Å². The average Bonchev–Trinajstić information content (AvgIpc) is 2.53. The number of benzene rings is 1. The van der Waals surface area contributed by atoms with Crippen LogP contribution in [0.4, 0.5) is 5.82 Å². The molecule has 3 aromatic rings. The van der Waals surface area contributed by atoms with Gasteiger partial charge in [0.15, 0.2) is 0 Å². The van der Waals surface area contributed by atoms with Crippen LogP contribution in [0.5, 0.6) is 0 Å². The van der Waals surface area contributed by atoms with Crippen LogP contribution in [-0.2, 0) is 5.75 Å². The van der Waals surface area contributed by atoms with Crippen molar-refractivity contribution in [3.05, 3.63) is 60.3 Å². The fourth-order valence-electron chi connectivity index (χ4n) is 2.07. The lowest BCUT2D eigenvalue weighted by Gasteiger charge is -2.09. The third-order valence-electron chi connectivity index (χ3n) is 3.05. The zero-order valence-electron chi connectivity index (χ0n) is 11.2. The second-order valence-corrected chi connectivity index (χ2v) is 5.39. The van der Waals surface area contributed by atoms with Gasteiger partial charge >= 0.3 is 0 Å². The molecule has 0 bridgehead atoms. The van der Waals surface area contributed by atoms with Crippen LogP contribution in [0.1, 0.15) is 5.56 Å². The van der Waals surface area contributed by atoms with Crippen molar-refractivity contribution in [3.63, 3.8) is 0 Å². The van der Waals surface area contributed by atoms with E-state index in [1.807, 2.05) is 49.6 Å². The first-order valence-electron chi connectivity index (χ1n) is 6.47. The highest BCUT2D eigenvalue weighted by Gasteiger charge is 2.06. The maximum Gasteiger partial charge on any atom is 0.130 e. The van der Waals surface area contributed by atoms with Gasteiger partial charge in [0.25, 0.3) is 0 Å². The fourth-order valence-corrected chi connectivity index (χ4v) is 2.90. The van der Waals surface area contributed by atoms with Gasteiger partial charge in [0.2, 0.25) is 0 Å². The fraction of sp³-hybridized carbons (Fsp3) is 0.125. The predicted octanol–water partition coefficient (Wildman–Crippen LogP) is 3.96. The Morgan fingerprint density at radius 2 is 1.95 bits per heavy atom. The predicted molar refractivity (Wildman–Crippen MR) is 85.1 cm³/mol. The first kappa shape index (κ1) is 12.9. The Hall–Kier alpha value is -2.07. The molecule has 0 atom stereocenters. The molecule has 0 unspecified atom stereocenters. The smallest absolute Gasteiger partial charge is 0.130 e. The molecule has 0 saturated carbocycles. The monoisotopic (exact) mass is 281 g/mol. The van der Waals surface area contributed by atoms with Gasteiger partial charge in [-0.25, -0.2) is 9.97 Å². The van der Waals surface area contributed by atoms with Crippen LogP contribution >= 0.6 is 11.8 Å². The summed E-state index contributed by atoms with van der Waals surface area (Å²) in [5.74, 6) is 1.79. The molecule has 0 radical (unpaired) electrons. The molecule has 3 rings (SSSR count). The van der Waals surface area contributed by atoms with Crippen LogP contribution in [0.25, 0.3) is 10.9 Å². The Balaban J connectivity index is 1.90. The summed E-state index contributed by atoms with van der Waals surface area (Å²) in [4.78, 5) is 8.99. The summed E-state index contributed by atoms with van der Waals surface area (Å²) in [6, 6.07) is 16.3. The Bertz CT molecular complexity index is 713. The van der Waals surface area contributed by atoms with Crippen molar-refractivity contribution in [1.29, 1.82) is 0 Å². The largest absolute Gasteiger partial charge is 0.373 e. The van der Waals surface area contributed by atoms with E-state index in [0.29, 0.717) is 0 Å². The lowest BCUT2D eigenvalue weighted by atomic mass is 10.1. The third-order valence-corrected chi connectivity index (χ3v) is 4.05. The molecule has 2 heterocycles. The van der Waals surface area contributed by atoms with Gasteiger partial charge in [0, 0.05) is 29.9 Å². The van der Waals surface area contributed by atoms with Crippen molar-refractivity contribution in [2.45, 2.75) is 10.8 Å². The van der Waals surface area contributed by atoms with Crippen molar-refractivity contribution < 1.29 is 0 Å². The van der Waals surface area contributed by atoms with E-state index in [1.54, 1.807) is 11.8 Å². The number of fused-ring (bicyclic) bond motifs is 1. The average molecular weight is 281 g/mol. The molecular formula is C16H15N3S. The maximum atomic E-state index is 4.66. The molecule has 3 nitrogen and oxygen atoms in total. The number of nitrogens with zero attached hydrogens (tertiary/aromatic N) is 2. The number of pyridine rings is 2. The maximum absolute atomic E-state index is 4.66. The number of hydrogen-bond donors (Lipinski definition) is 1. The van der Waals surface area contributed by atoms with E-state index < -0.39 is 0 Å². The molecule has 0 aliphatic rings. The summed E-state index contributed by atoms with van der Waals surface area (Å²) >= 11 is 1.72. The number of para-hydroxylation sites is 1. The molecule has 0 aliphatic carbocycles. The van der Waals surface area contributed by atoms with E-state index in [9.17, 15) is 0 Å². The highest BCUT2D eigenvalue weighted by Crippen LogP contribution is 2.27. The number of thioether (sulfide) groups is 1. The summed E-state index contributed by atoms with van der Waals surface area (Å²) in [6.07, 6.45) is 1.82. The summed E-state index contributed by atoms with van der Waals surface area (Å²) in [6.45, 7) is 0. The van der Waals surface area contributed by atoms with Crippen LogP contribution in [0.15, 0.2) is 59.8 Å². The van der Waals surface area contributed by atoms with E-state index in [0.717, 1.165) is 22.1 Å². The number of nitrogens with one attached hydrogen (secondary N) is 1. The molecule has 2 aromatic heterocycles. The molecule has 0 aliphatic heterocycles. The van der Waals surface area contributed by atoms with Crippen LogP contribution in [0.3, 0.4) is 0 Å². The first-order valence-corrected chi connectivity index (χ1v) is 7.45.